The Morgan fingerprint density at radius 2 is 1.94 bits per heavy atom. The maximum absolute atomic E-state index is 4.78. The average Bonchev–Trinajstić information content (AvgIpc) is 2.88. The summed E-state index contributed by atoms with van der Waals surface area (Å²) < 4.78 is 0. The van der Waals surface area contributed by atoms with Crippen LogP contribution in [0.5, 0.6) is 0 Å². The maximum atomic E-state index is 4.78. The van der Waals surface area contributed by atoms with Crippen LogP contribution in [0.3, 0.4) is 0 Å². The second kappa shape index (κ2) is 3.44. The fourth-order valence-corrected chi connectivity index (χ4v) is 2.58. The van der Waals surface area contributed by atoms with Gasteiger partial charge < -0.3 is 4.90 Å². The second-order valence-electron chi connectivity index (χ2n) is 6.68. The van der Waals surface area contributed by atoms with E-state index in [9.17, 15) is 0 Å². The summed E-state index contributed by atoms with van der Waals surface area (Å²) in [6, 6.07) is 0. The van der Waals surface area contributed by atoms with E-state index in [1.165, 1.54) is 25.8 Å². The van der Waals surface area contributed by atoms with Crippen LogP contribution >= 0.6 is 0 Å². The lowest BCUT2D eigenvalue weighted by Crippen LogP contribution is -2.23. The molecule has 2 fully saturated rings. The number of anilines is 1. The lowest BCUT2D eigenvalue weighted by molar-refractivity contribution is 0.562. The first-order valence-electron chi connectivity index (χ1n) is 6.56. The molecule has 0 atom stereocenters. The highest BCUT2D eigenvalue weighted by molar-refractivity contribution is 5.40. The van der Waals surface area contributed by atoms with Crippen molar-refractivity contribution in [1.29, 1.82) is 0 Å². The standard InChI is InChI=1S/C14H21N3/c1-13(2,3)11-8-15-9-12(16-11)17-7-6-14(10-17)4-5-14/h8-9H,4-7,10H2,1-3H3. The molecule has 1 aromatic heterocycles. The SMILES string of the molecule is CC(C)(C)c1cncc(N2CCC3(CC3)C2)n1. The molecule has 3 heteroatoms. The third-order valence-corrected chi connectivity index (χ3v) is 4.11. The lowest BCUT2D eigenvalue weighted by atomic mass is 9.93. The Kier molecular flexibility index (Phi) is 2.22. The first-order chi connectivity index (χ1) is 7.99. The average molecular weight is 231 g/mol. The van der Waals surface area contributed by atoms with Crippen LogP contribution in [0.25, 0.3) is 0 Å². The van der Waals surface area contributed by atoms with Gasteiger partial charge in [-0.2, -0.15) is 0 Å². The Bertz CT molecular complexity index is 429. The van der Waals surface area contributed by atoms with Crippen LogP contribution in [0.15, 0.2) is 12.4 Å². The van der Waals surface area contributed by atoms with Crippen molar-refractivity contribution in [2.24, 2.45) is 5.41 Å². The number of rotatable bonds is 1. The van der Waals surface area contributed by atoms with Gasteiger partial charge in [-0.05, 0) is 24.7 Å². The second-order valence-corrected chi connectivity index (χ2v) is 6.68. The Balaban J connectivity index is 1.84. The molecule has 2 heterocycles. The van der Waals surface area contributed by atoms with Gasteiger partial charge in [0.25, 0.3) is 0 Å². The van der Waals surface area contributed by atoms with Gasteiger partial charge in [0.15, 0.2) is 0 Å². The molecule has 1 aliphatic heterocycles. The third kappa shape index (κ3) is 2.03. The quantitative estimate of drug-likeness (QED) is 0.744. The van der Waals surface area contributed by atoms with Gasteiger partial charge >= 0.3 is 0 Å². The summed E-state index contributed by atoms with van der Waals surface area (Å²) in [5.74, 6) is 1.07. The van der Waals surface area contributed by atoms with Gasteiger partial charge in [0, 0.05) is 24.7 Å². The molecule has 1 aromatic rings. The van der Waals surface area contributed by atoms with Gasteiger partial charge in [0.1, 0.15) is 5.82 Å². The van der Waals surface area contributed by atoms with E-state index in [0.29, 0.717) is 5.41 Å². The number of aromatic nitrogens is 2. The zero-order chi connectivity index (χ0) is 12.1. The van der Waals surface area contributed by atoms with Crippen molar-refractivity contribution in [2.75, 3.05) is 18.0 Å². The molecule has 0 amide bonds. The van der Waals surface area contributed by atoms with E-state index in [2.05, 4.69) is 30.7 Å². The van der Waals surface area contributed by atoms with Gasteiger partial charge in [-0.3, -0.25) is 4.98 Å². The Hall–Kier alpha value is -1.12. The molecule has 2 aliphatic rings. The highest BCUT2D eigenvalue weighted by Gasteiger charge is 2.48. The van der Waals surface area contributed by atoms with E-state index in [-0.39, 0.29) is 5.41 Å². The highest BCUT2D eigenvalue weighted by Crippen LogP contribution is 2.53. The Labute approximate surface area is 103 Å². The summed E-state index contributed by atoms with van der Waals surface area (Å²) in [4.78, 5) is 11.6. The minimum absolute atomic E-state index is 0.0833. The van der Waals surface area contributed by atoms with Gasteiger partial charge in [0.2, 0.25) is 0 Å². The van der Waals surface area contributed by atoms with E-state index in [0.717, 1.165) is 18.1 Å². The zero-order valence-corrected chi connectivity index (χ0v) is 11.0. The molecule has 1 spiro atoms. The van der Waals surface area contributed by atoms with E-state index in [4.69, 9.17) is 4.98 Å². The zero-order valence-electron chi connectivity index (χ0n) is 11.0. The van der Waals surface area contributed by atoms with E-state index >= 15 is 0 Å². The molecule has 1 saturated carbocycles. The fourth-order valence-electron chi connectivity index (χ4n) is 2.58. The van der Waals surface area contributed by atoms with Crippen LogP contribution < -0.4 is 4.90 Å². The number of nitrogens with zero attached hydrogens (tertiary/aromatic N) is 3. The monoisotopic (exact) mass is 231 g/mol. The van der Waals surface area contributed by atoms with Crippen LogP contribution in [-0.4, -0.2) is 23.1 Å². The van der Waals surface area contributed by atoms with Crippen LogP contribution in [0.2, 0.25) is 0 Å². The first-order valence-corrected chi connectivity index (χ1v) is 6.56. The number of hydrogen-bond donors (Lipinski definition) is 0. The first kappa shape index (κ1) is 11.0. The predicted molar refractivity (Wildman–Crippen MR) is 69.2 cm³/mol. The smallest absolute Gasteiger partial charge is 0.147 e. The van der Waals surface area contributed by atoms with Crippen LogP contribution in [0.1, 0.15) is 45.7 Å². The van der Waals surface area contributed by atoms with Crippen molar-refractivity contribution in [3.05, 3.63) is 18.1 Å². The topological polar surface area (TPSA) is 29.0 Å². The molecule has 1 aliphatic carbocycles. The van der Waals surface area contributed by atoms with Crippen molar-refractivity contribution < 1.29 is 0 Å². The van der Waals surface area contributed by atoms with Crippen molar-refractivity contribution in [3.63, 3.8) is 0 Å². The van der Waals surface area contributed by atoms with Gasteiger partial charge in [-0.15, -0.1) is 0 Å². The van der Waals surface area contributed by atoms with E-state index < -0.39 is 0 Å². The molecule has 1 saturated heterocycles. The van der Waals surface area contributed by atoms with E-state index in [1.807, 2.05) is 12.4 Å². The Morgan fingerprint density at radius 1 is 1.18 bits per heavy atom. The lowest BCUT2D eigenvalue weighted by Gasteiger charge is -2.22. The Morgan fingerprint density at radius 3 is 2.53 bits per heavy atom. The summed E-state index contributed by atoms with van der Waals surface area (Å²) in [7, 11) is 0. The van der Waals surface area contributed by atoms with Crippen molar-refractivity contribution in [3.8, 4) is 0 Å². The van der Waals surface area contributed by atoms with E-state index in [1.54, 1.807) is 0 Å². The van der Waals surface area contributed by atoms with Gasteiger partial charge in [-0.25, -0.2) is 4.98 Å². The normalized spacial score (nSPS) is 22.2. The van der Waals surface area contributed by atoms with Crippen LogP contribution in [0.4, 0.5) is 5.82 Å². The molecule has 3 rings (SSSR count). The van der Waals surface area contributed by atoms with Crippen LogP contribution in [-0.2, 0) is 5.41 Å². The largest absolute Gasteiger partial charge is 0.355 e. The summed E-state index contributed by atoms with van der Waals surface area (Å²) in [5, 5.41) is 0. The van der Waals surface area contributed by atoms with Crippen molar-refractivity contribution in [2.45, 2.75) is 45.4 Å². The predicted octanol–water partition coefficient (Wildman–Crippen LogP) is 2.76. The molecular weight excluding hydrogens is 210 g/mol. The highest BCUT2D eigenvalue weighted by atomic mass is 15.2. The molecule has 92 valence electrons. The molecule has 17 heavy (non-hydrogen) atoms. The summed E-state index contributed by atoms with van der Waals surface area (Å²) >= 11 is 0. The summed E-state index contributed by atoms with van der Waals surface area (Å²) in [5.41, 5.74) is 1.83. The molecule has 0 N–H and O–H groups in total. The number of hydrogen-bond acceptors (Lipinski definition) is 3. The maximum Gasteiger partial charge on any atom is 0.147 e. The minimum atomic E-state index is 0.0833. The van der Waals surface area contributed by atoms with Gasteiger partial charge in [-0.1, -0.05) is 20.8 Å². The molecule has 0 aromatic carbocycles. The van der Waals surface area contributed by atoms with Crippen molar-refractivity contribution >= 4 is 5.82 Å². The van der Waals surface area contributed by atoms with Crippen LogP contribution in [0, 0.1) is 5.41 Å². The fraction of sp³-hybridized carbons (Fsp3) is 0.714. The minimum Gasteiger partial charge on any atom is -0.355 e. The molecular formula is C14H21N3. The summed E-state index contributed by atoms with van der Waals surface area (Å²) in [6.45, 7) is 8.91. The van der Waals surface area contributed by atoms with Gasteiger partial charge in [0.05, 0.1) is 11.9 Å². The third-order valence-electron chi connectivity index (χ3n) is 4.11. The molecule has 0 unspecified atom stereocenters. The molecule has 0 radical (unpaired) electrons. The molecule has 3 nitrogen and oxygen atoms in total. The van der Waals surface area contributed by atoms with Crippen molar-refractivity contribution in [1.82, 2.24) is 9.97 Å². The molecule has 0 bridgehead atoms. The summed E-state index contributed by atoms with van der Waals surface area (Å²) in [6.07, 6.45) is 7.98.